The van der Waals surface area contributed by atoms with E-state index in [0.717, 1.165) is 24.4 Å². The van der Waals surface area contributed by atoms with Gasteiger partial charge in [0.1, 0.15) is 12.5 Å². The first kappa shape index (κ1) is 12.9. The summed E-state index contributed by atoms with van der Waals surface area (Å²) in [5, 5.41) is 4.04. The summed E-state index contributed by atoms with van der Waals surface area (Å²) in [5.41, 5.74) is 0.923. The average molecular weight is 248 g/mol. The smallest absolute Gasteiger partial charge is 0.199 e. The molecule has 2 heterocycles. The van der Waals surface area contributed by atoms with E-state index in [1.165, 1.54) is 0 Å². The summed E-state index contributed by atoms with van der Waals surface area (Å²) in [4.78, 5) is 4.25. The minimum absolute atomic E-state index is 0.00311. The molecule has 0 aromatic carbocycles. The lowest BCUT2D eigenvalue weighted by molar-refractivity contribution is 0.301. The average Bonchev–Trinajstić information content (AvgIpc) is 2.99. The van der Waals surface area contributed by atoms with Crippen LogP contribution in [0.25, 0.3) is 0 Å². The molecule has 0 aliphatic rings. The Morgan fingerprint density at radius 2 is 1.78 bits per heavy atom. The Hall–Kier alpha value is -1.58. The van der Waals surface area contributed by atoms with Gasteiger partial charge in [0.05, 0.1) is 11.9 Å². The normalized spacial score (nSPS) is 12.9. The van der Waals surface area contributed by atoms with Crippen LogP contribution >= 0.6 is 0 Å². The highest BCUT2D eigenvalue weighted by Crippen LogP contribution is 2.34. The van der Waals surface area contributed by atoms with Crippen LogP contribution in [0.2, 0.25) is 0 Å². The summed E-state index contributed by atoms with van der Waals surface area (Å²) >= 11 is 0. The van der Waals surface area contributed by atoms with E-state index >= 15 is 0 Å². The van der Waals surface area contributed by atoms with Gasteiger partial charge in [0.2, 0.25) is 0 Å². The number of rotatable bonds is 5. The highest BCUT2D eigenvalue weighted by Gasteiger charge is 2.31. The maximum Gasteiger partial charge on any atom is 0.199 e. The molecule has 0 aliphatic heterocycles. The van der Waals surface area contributed by atoms with E-state index in [2.05, 4.69) is 37.8 Å². The van der Waals surface area contributed by atoms with Gasteiger partial charge in [-0.3, -0.25) is 0 Å². The molecule has 0 unspecified atom stereocenters. The molecular formula is C14H20N2O2. The van der Waals surface area contributed by atoms with E-state index in [1.807, 2.05) is 6.07 Å². The fourth-order valence-electron chi connectivity index (χ4n) is 1.98. The van der Waals surface area contributed by atoms with Crippen LogP contribution < -0.4 is 0 Å². The molecule has 2 rings (SSSR count). The van der Waals surface area contributed by atoms with Crippen molar-refractivity contribution in [1.82, 2.24) is 10.1 Å². The quantitative estimate of drug-likeness (QED) is 0.809. The van der Waals surface area contributed by atoms with Crippen LogP contribution in [-0.4, -0.2) is 10.1 Å². The predicted octanol–water partition coefficient (Wildman–Crippen LogP) is 3.70. The molecule has 0 saturated heterocycles. The van der Waals surface area contributed by atoms with Gasteiger partial charge in [0.25, 0.3) is 0 Å². The molecule has 4 heteroatoms. The number of nitrogens with zero attached hydrogens (tertiary/aromatic N) is 2. The topological polar surface area (TPSA) is 52.1 Å². The van der Waals surface area contributed by atoms with Crippen molar-refractivity contribution in [3.63, 3.8) is 0 Å². The van der Waals surface area contributed by atoms with Gasteiger partial charge in [0, 0.05) is 16.9 Å². The summed E-state index contributed by atoms with van der Waals surface area (Å²) in [6, 6.07) is 1.93. The van der Waals surface area contributed by atoms with Crippen molar-refractivity contribution >= 4 is 0 Å². The second-order valence-corrected chi connectivity index (χ2v) is 5.99. The van der Waals surface area contributed by atoms with Crippen LogP contribution in [0.3, 0.4) is 0 Å². The maximum atomic E-state index is 5.41. The minimum Gasteiger partial charge on any atom is -0.448 e. The third-order valence-electron chi connectivity index (χ3n) is 3.52. The molecule has 2 aromatic heterocycles. The van der Waals surface area contributed by atoms with E-state index in [9.17, 15) is 0 Å². The fourth-order valence-corrected chi connectivity index (χ4v) is 1.98. The van der Waals surface area contributed by atoms with Gasteiger partial charge in [0.15, 0.2) is 5.89 Å². The Balaban J connectivity index is 2.03. The van der Waals surface area contributed by atoms with Crippen molar-refractivity contribution < 1.29 is 8.94 Å². The molecule has 4 nitrogen and oxygen atoms in total. The van der Waals surface area contributed by atoms with Crippen LogP contribution in [0.5, 0.6) is 0 Å². The number of hydrogen-bond acceptors (Lipinski definition) is 4. The van der Waals surface area contributed by atoms with Crippen LogP contribution in [0, 0.1) is 0 Å². The predicted molar refractivity (Wildman–Crippen MR) is 68.3 cm³/mol. The molecular weight excluding hydrogens is 228 g/mol. The molecule has 0 spiro atoms. The summed E-state index contributed by atoms with van der Waals surface area (Å²) in [5.74, 6) is 0.790. The van der Waals surface area contributed by atoms with Gasteiger partial charge in [-0.2, -0.15) is 0 Å². The number of hydrogen-bond donors (Lipinski definition) is 0. The molecule has 2 aromatic rings. The zero-order valence-corrected chi connectivity index (χ0v) is 11.4. The molecule has 0 saturated carbocycles. The third kappa shape index (κ3) is 2.63. The number of oxazole rings is 1. The molecule has 0 radical (unpaired) electrons. The van der Waals surface area contributed by atoms with E-state index in [1.54, 1.807) is 18.7 Å². The van der Waals surface area contributed by atoms with Crippen LogP contribution in [0.1, 0.15) is 52.1 Å². The second kappa shape index (κ2) is 4.59. The molecule has 0 N–H and O–H groups in total. The molecule has 0 atom stereocenters. The summed E-state index contributed by atoms with van der Waals surface area (Å²) in [7, 11) is 0. The van der Waals surface area contributed by atoms with Gasteiger partial charge in [-0.25, -0.2) is 4.98 Å². The van der Waals surface area contributed by atoms with Crippen LogP contribution in [0.4, 0.5) is 0 Å². The molecule has 0 fully saturated rings. The first-order valence-corrected chi connectivity index (χ1v) is 6.23. The first-order chi connectivity index (χ1) is 8.42. The molecule has 0 amide bonds. The van der Waals surface area contributed by atoms with E-state index in [4.69, 9.17) is 8.94 Å². The zero-order chi connectivity index (χ0) is 13.2. The van der Waals surface area contributed by atoms with Gasteiger partial charge in [-0.05, 0) is 12.8 Å². The van der Waals surface area contributed by atoms with Gasteiger partial charge in [-0.15, -0.1) is 0 Å². The number of aromatic nitrogens is 2. The molecule has 98 valence electrons. The van der Waals surface area contributed by atoms with Crippen LogP contribution in [-0.2, 0) is 10.8 Å². The van der Waals surface area contributed by atoms with E-state index in [0.29, 0.717) is 0 Å². The first-order valence-electron chi connectivity index (χ1n) is 6.23. The SMILES string of the molecule is CC(C)(CCC(C)(C)c1ncco1)c1ccon1. The zero-order valence-electron chi connectivity index (χ0n) is 11.4. The second-order valence-electron chi connectivity index (χ2n) is 5.99. The van der Waals surface area contributed by atoms with Crippen molar-refractivity contribution in [3.8, 4) is 0 Å². The molecule has 0 aliphatic carbocycles. The summed E-state index contributed by atoms with van der Waals surface area (Å²) in [6.45, 7) is 8.66. The largest absolute Gasteiger partial charge is 0.448 e. The van der Waals surface area contributed by atoms with Crippen LogP contribution in [0.15, 0.2) is 33.7 Å². The van der Waals surface area contributed by atoms with E-state index in [-0.39, 0.29) is 10.8 Å². The standard InChI is InChI=1S/C14H20N2O2/c1-13(2,11-5-9-18-16-11)6-7-14(3,4)12-15-8-10-17-12/h5,8-10H,6-7H2,1-4H3. The highest BCUT2D eigenvalue weighted by atomic mass is 16.5. The van der Waals surface area contributed by atoms with Crippen molar-refractivity contribution in [2.75, 3.05) is 0 Å². The fraction of sp³-hybridized carbons (Fsp3) is 0.571. The Kier molecular flexibility index (Phi) is 3.28. The Bertz CT molecular complexity index is 424. The van der Waals surface area contributed by atoms with Crippen molar-refractivity contribution in [2.24, 2.45) is 0 Å². The lowest BCUT2D eigenvalue weighted by atomic mass is 9.77. The maximum absolute atomic E-state index is 5.41. The van der Waals surface area contributed by atoms with Gasteiger partial charge < -0.3 is 8.94 Å². The third-order valence-corrected chi connectivity index (χ3v) is 3.52. The summed E-state index contributed by atoms with van der Waals surface area (Å²) < 4.78 is 10.3. The van der Waals surface area contributed by atoms with E-state index < -0.39 is 0 Å². The minimum atomic E-state index is -0.0650. The van der Waals surface area contributed by atoms with Gasteiger partial charge in [-0.1, -0.05) is 32.9 Å². The van der Waals surface area contributed by atoms with Gasteiger partial charge >= 0.3 is 0 Å². The van der Waals surface area contributed by atoms with Crippen molar-refractivity contribution in [2.45, 2.75) is 51.4 Å². The Labute approximate surface area is 107 Å². The lowest BCUT2D eigenvalue weighted by Crippen LogP contribution is -2.24. The highest BCUT2D eigenvalue weighted by molar-refractivity contribution is 5.11. The monoisotopic (exact) mass is 248 g/mol. The van der Waals surface area contributed by atoms with Crippen molar-refractivity contribution in [1.29, 1.82) is 0 Å². The summed E-state index contributed by atoms with van der Waals surface area (Å²) in [6.07, 6.45) is 6.91. The Morgan fingerprint density at radius 3 is 2.33 bits per heavy atom. The lowest BCUT2D eigenvalue weighted by Gasteiger charge is -2.27. The Morgan fingerprint density at radius 1 is 1.06 bits per heavy atom. The molecule has 18 heavy (non-hydrogen) atoms. The van der Waals surface area contributed by atoms with Crippen molar-refractivity contribution in [3.05, 3.63) is 36.4 Å². The molecule has 0 bridgehead atoms.